The lowest BCUT2D eigenvalue weighted by atomic mass is 10.1. The largest absolute Gasteiger partial charge is 0.339 e. The van der Waals surface area contributed by atoms with Gasteiger partial charge in [-0.05, 0) is 13.0 Å². The highest BCUT2D eigenvalue weighted by molar-refractivity contribution is 5.53. The smallest absolute Gasteiger partial charge is 0.231 e. The van der Waals surface area contributed by atoms with Gasteiger partial charge in [0.15, 0.2) is 0 Å². The second-order valence-electron chi connectivity index (χ2n) is 4.01. The summed E-state index contributed by atoms with van der Waals surface area (Å²) in [7, 11) is 0. The van der Waals surface area contributed by atoms with Gasteiger partial charge in [-0.2, -0.15) is 4.98 Å². The lowest BCUT2D eigenvalue weighted by molar-refractivity contribution is 0.359. The van der Waals surface area contributed by atoms with E-state index < -0.39 is 0 Å². The first-order valence-corrected chi connectivity index (χ1v) is 5.53. The fourth-order valence-electron chi connectivity index (χ4n) is 1.97. The van der Waals surface area contributed by atoms with Crippen LogP contribution in [-0.2, 0) is 0 Å². The van der Waals surface area contributed by atoms with E-state index in [1.165, 1.54) is 0 Å². The molecule has 0 amide bonds. The third kappa shape index (κ3) is 1.72. The first-order valence-electron chi connectivity index (χ1n) is 5.53. The monoisotopic (exact) mass is 215 g/mol. The number of benzene rings is 1. The van der Waals surface area contributed by atoms with Crippen LogP contribution in [0.3, 0.4) is 0 Å². The molecule has 82 valence electrons. The van der Waals surface area contributed by atoms with Crippen LogP contribution in [0, 0.1) is 0 Å². The summed E-state index contributed by atoms with van der Waals surface area (Å²) in [6.07, 6.45) is 1.08. The molecule has 1 aliphatic heterocycles. The normalized spacial score (nSPS) is 20.1. The fourth-order valence-corrected chi connectivity index (χ4v) is 1.97. The molecule has 1 saturated heterocycles. The lowest BCUT2D eigenvalue weighted by Crippen LogP contribution is -2.08. The van der Waals surface area contributed by atoms with E-state index in [1.807, 2.05) is 30.3 Å². The maximum absolute atomic E-state index is 5.30. The summed E-state index contributed by atoms with van der Waals surface area (Å²) < 4.78 is 5.30. The van der Waals surface area contributed by atoms with Crippen molar-refractivity contribution >= 4 is 0 Å². The van der Waals surface area contributed by atoms with Crippen LogP contribution in [-0.4, -0.2) is 23.2 Å². The van der Waals surface area contributed by atoms with Crippen molar-refractivity contribution in [3.8, 4) is 11.4 Å². The predicted octanol–water partition coefficient (Wildman–Crippen LogP) is 1.81. The minimum atomic E-state index is 0.380. The molecular weight excluding hydrogens is 202 g/mol. The lowest BCUT2D eigenvalue weighted by Gasteiger charge is -1.98. The van der Waals surface area contributed by atoms with E-state index in [0.717, 1.165) is 31.0 Å². The van der Waals surface area contributed by atoms with E-state index in [1.54, 1.807) is 0 Å². The zero-order valence-corrected chi connectivity index (χ0v) is 8.89. The van der Waals surface area contributed by atoms with Gasteiger partial charge in [0, 0.05) is 12.1 Å². The minimum absolute atomic E-state index is 0.380. The highest BCUT2D eigenvalue weighted by Crippen LogP contribution is 2.23. The number of nitrogens with zero attached hydrogens (tertiary/aromatic N) is 2. The molecule has 0 radical (unpaired) electrons. The zero-order valence-electron chi connectivity index (χ0n) is 8.89. The quantitative estimate of drug-likeness (QED) is 0.830. The highest BCUT2D eigenvalue weighted by atomic mass is 16.5. The van der Waals surface area contributed by atoms with Gasteiger partial charge in [0.1, 0.15) is 0 Å². The summed E-state index contributed by atoms with van der Waals surface area (Å²) in [6, 6.07) is 9.90. The molecule has 1 aromatic heterocycles. The highest BCUT2D eigenvalue weighted by Gasteiger charge is 2.22. The molecule has 1 aromatic carbocycles. The van der Waals surface area contributed by atoms with Crippen LogP contribution in [0.2, 0.25) is 0 Å². The van der Waals surface area contributed by atoms with Crippen molar-refractivity contribution in [3.05, 3.63) is 36.2 Å². The summed E-state index contributed by atoms with van der Waals surface area (Å²) in [6.45, 7) is 1.98. The van der Waals surface area contributed by atoms with Gasteiger partial charge in [0.25, 0.3) is 0 Å². The van der Waals surface area contributed by atoms with Gasteiger partial charge >= 0.3 is 0 Å². The SMILES string of the molecule is c1ccc(-c2noc([C@H]3CCNC3)n2)cc1. The van der Waals surface area contributed by atoms with Crippen LogP contribution < -0.4 is 5.32 Å². The Morgan fingerprint density at radius 2 is 2.12 bits per heavy atom. The van der Waals surface area contributed by atoms with Crippen molar-refractivity contribution < 1.29 is 4.52 Å². The van der Waals surface area contributed by atoms with Crippen molar-refractivity contribution in [1.82, 2.24) is 15.5 Å². The van der Waals surface area contributed by atoms with E-state index >= 15 is 0 Å². The molecule has 4 heteroatoms. The van der Waals surface area contributed by atoms with Crippen LogP contribution in [0.25, 0.3) is 11.4 Å². The average Bonchev–Trinajstić information content (AvgIpc) is 3.01. The summed E-state index contributed by atoms with van der Waals surface area (Å²) in [5.41, 5.74) is 1.00. The Hall–Kier alpha value is -1.68. The molecular formula is C12H13N3O. The van der Waals surface area contributed by atoms with Crippen LogP contribution in [0.5, 0.6) is 0 Å². The average molecular weight is 215 g/mol. The molecule has 1 fully saturated rings. The Morgan fingerprint density at radius 3 is 2.88 bits per heavy atom. The van der Waals surface area contributed by atoms with Gasteiger partial charge in [0.05, 0.1) is 5.92 Å². The summed E-state index contributed by atoms with van der Waals surface area (Å²) >= 11 is 0. The molecule has 3 rings (SSSR count). The first-order chi connectivity index (χ1) is 7.93. The minimum Gasteiger partial charge on any atom is -0.339 e. The maximum Gasteiger partial charge on any atom is 0.231 e. The molecule has 0 saturated carbocycles. The van der Waals surface area contributed by atoms with Crippen LogP contribution in [0.4, 0.5) is 0 Å². The Bertz CT molecular complexity index is 460. The summed E-state index contributed by atoms with van der Waals surface area (Å²) in [5.74, 6) is 1.82. The van der Waals surface area contributed by atoms with Crippen LogP contribution >= 0.6 is 0 Å². The molecule has 0 aliphatic carbocycles. The molecule has 2 aromatic rings. The number of hydrogen-bond acceptors (Lipinski definition) is 4. The summed E-state index contributed by atoms with van der Waals surface area (Å²) in [5, 5.41) is 7.31. The van der Waals surface area contributed by atoms with E-state index in [-0.39, 0.29) is 0 Å². The number of rotatable bonds is 2. The molecule has 0 spiro atoms. The van der Waals surface area contributed by atoms with E-state index in [4.69, 9.17) is 4.52 Å². The van der Waals surface area contributed by atoms with E-state index in [0.29, 0.717) is 11.7 Å². The van der Waals surface area contributed by atoms with E-state index in [2.05, 4.69) is 15.5 Å². The molecule has 1 atom stereocenters. The molecule has 4 nitrogen and oxygen atoms in total. The first kappa shape index (κ1) is 9.54. The number of hydrogen-bond donors (Lipinski definition) is 1. The van der Waals surface area contributed by atoms with Crippen LogP contribution in [0.1, 0.15) is 18.2 Å². The van der Waals surface area contributed by atoms with Gasteiger partial charge in [-0.25, -0.2) is 0 Å². The Balaban J connectivity index is 1.87. The molecule has 0 unspecified atom stereocenters. The van der Waals surface area contributed by atoms with Crippen molar-refractivity contribution in [2.24, 2.45) is 0 Å². The molecule has 1 N–H and O–H groups in total. The third-order valence-corrected chi connectivity index (χ3v) is 2.88. The second-order valence-corrected chi connectivity index (χ2v) is 4.01. The maximum atomic E-state index is 5.30. The standard InChI is InChI=1S/C12H13N3O/c1-2-4-9(5-3-1)11-14-12(16-15-11)10-6-7-13-8-10/h1-5,10,13H,6-8H2/t10-/m0/s1. The van der Waals surface area contributed by atoms with E-state index in [9.17, 15) is 0 Å². The van der Waals surface area contributed by atoms with Gasteiger partial charge in [-0.1, -0.05) is 35.5 Å². The fraction of sp³-hybridized carbons (Fsp3) is 0.333. The van der Waals surface area contributed by atoms with Gasteiger partial charge in [-0.15, -0.1) is 0 Å². The van der Waals surface area contributed by atoms with Gasteiger partial charge < -0.3 is 9.84 Å². The Morgan fingerprint density at radius 1 is 1.25 bits per heavy atom. The third-order valence-electron chi connectivity index (χ3n) is 2.88. The van der Waals surface area contributed by atoms with Crippen molar-refractivity contribution in [2.45, 2.75) is 12.3 Å². The molecule has 2 heterocycles. The number of aromatic nitrogens is 2. The van der Waals surface area contributed by atoms with Crippen molar-refractivity contribution in [1.29, 1.82) is 0 Å². The molecule has 1 aliphatic rings. The predicted molar refractivity (Wildman–Crippen MR) is 60.0 cm³/mol. The molecule has 0 bridgehead atoms. The second kappa shape index (κ2) is 4.06. The topological polar surface area (TPSA) is 51.0 Å². The van der Waals surface area contributed by atoms with Gasteiger partial charge in [-0.3, -0.25) is 0 Å². The van der Waals surface area contributed by atoms with Crippen molar-refractivity contribution in [2.75, 3.05) is 13.1 Å². The van der Waals surface area contributed by atoms with Gasteiger partial charge in [0.2, 0.25) is 11.7 Å². The number of nitrogens with one attached hydrogen (secondary N) is 1. The zero-order chi connectivity index (χ0) is 10.8. The van der Waals surface area contributed by atoms with Crippen molar-refractivity contribution in [3.63, 3.8) is 0 Å². The van der Waals surface area contributed by atoms with Crippen LogP contribution in [0.15, 0.2) is 34.9 Å². The molecule has 16 heavy (non-hydrogen) atoms. The Labute approximate surface area is 93.7 Å². The Kier molecular flexibility index (Phi) is 2.42. The summed E-state index contributed by atoms with van der Waals surface area (Å²) in [4.78, 5) is 4.44.